The van der Waals surface area contributed by atoms with Crippen LogP contribution in [0.5, 0.6) is 0 Å². The third kappa shape index (κ3) is 1.58. The van der Waals surface area contributed by atoms with Crippen molar-refractivity contribution in [3.63, 3.8) is 0 Å². The quantitative estimate of drug-likeness (QED) is 0.661. The van der Waals surface area contributed by atoms with E-state index in [4.69, 9.17) is 0 Å². The van der Waals surface area contributed by atoms with Crippen LogP contribution in [0.2, 0.25) is 0 Å². The molecule has 0 radical (unpaired) electrons. The molecule has 0 fully saturated rings. The summed E-state index contributed by atoms with van der Waals surface area (Å²) in [5.74, 6) is 0.321. The molecule has 1 heterocycles. The molecule has 0 amide bonds. The van der Waals surface area contributed by atoms with Crippen molar-refractivity contribution in [3.8, 4) is 0 Å². The number of carbonyl (C=O) groups excluding carboxylic acids is 1. The van der Waals surface area contributed by atoms with Crippen LogP contribution in [0.3, 0.4) is 0 Å². The smallest absolute Gasteiger partial charge is 0.251 e. The lowest BCUT2D eigenvalue weighted by molar-refractivity contribution is -0.105. The first-order chi connectivity index (χ1) is 6.27. The predicted octanol–water partition coefficient (Wildman–Crippen LogP) is 1.47. The number of fused-ring (bicyclic) bond motifs is 1. The molecule has 66 valence electrons. The van der Waals surface area contributed by atoms with Crippen LogP contribution in [-0.4, -0.2) is 11.0 Å². The van der Waals surface area contributed by atoms with Crippen molar-refractivity contribution in [2.75, 3.05) is 5.32 Å². The highest BCUT2D eigenvalue weighted by atomic mass is 32.1. The molecule has 0 atom stereocenters. The van der Waals surface area contributed by atoms with E-state index in [1.54, 1.807) is 0 Å². The molecule has 0 aromatic heterocycles. The molecular formula is C9H8N2OS. The number of nitrogens with one attached hydrogen (secondary N) is 1. The molecule has 1 aromatic rings. The van der Waals surface area contributed by atoms with Crippen LogP contribution in [0.15, 0.2) is 29.3 Å². The van der Waals surface area contributed by atoms with Gasteiger partial charge in [0.25, 0.3) is 5.12 Å². The normalized spacial score (nSPS) is 14.1. The minimum Gasteiger partial charge on any atom is -0.336 e. The zero-order chi connectivity index (χ0) is 9.26. The van der Waals surface area contributed by atoms with Crippen LogP contribution in [0.4, 0.5) is 5.69 Å². The average molecular weight is 192 g/mol. The Morgan fingerprint density at radius 2 is 2.23 bits per heavy atom. The number of amidine groups is 1. The minimum absolute atomic E-state index is 0.321. The number of nitrogens with zero attached hydrogens (tertiary/aromatic N) is 1. The van der Waals surface area contributed by atoms with Gasteiger partial charge in [-0.3, -0.25) is 9.79 Å². The van der Waals surface area contributed by atoms with Crippen LogP contribution in [0.25, 0.3) is 0 Å². The van der Waals surface area contributed by atoms with Crippen LogP contribution in [-0.2, 0) is 11.3 Å². The fraction of sp³-hybridized carbons (Fsp3) is 0.111. The number of hydrogen-bond acceptors (Lipinski definition) is 3. The van der Waals surface area contributed by atoms with Gasteiger partial charge >= 0.3 is 0 Å². The number of carbonyl (C=O) groups is 1. The molecule has 1 aliphatic rings. The summed E-state index contributed by atoms with van der Waals surface area (Å²) in [6.45, 7) is 0.546. The van der Waals surface area contributed by atoms with Crippen molar-refractivity contribution in [2.45, 2.75) is 6.54 Å². The molecule has 2 rings (SSSR count). The van der Waals surface area contributed by atoms with E-state index in [2.05, 4.69) is 22.9 Å². The number of para-hydroxylation sites is 1. The maximum Gasteiger partial charge on any atom is 0.251 e. The van der Waals surface area contributed by atoms with Crippen molar-refractivity contribution in [1.29, 1.82) is 0 Å². The lowest BCUT2D eigenvalue weighted by Crippen LogP contribution is -2.23. The zero-order valence-electron chi connectivity index (χ0n) is 6.82. The lowest BCUT2D eigenvalue weighted by atomic mass is 10.1. The Labute approximate surface area is 81.3 Å². The number of thiol groups is 1. The highest BCUT2D eigenvalue weighted by Crippen LogP contribution is 2.19. The van der Waals surface area contributed by atoms with Crippen molar-refractivity contribution < 1.29 is 4.79 Å². The third-order valence-electron chi connectivity index (χ3n) is 1.88. The van der Waals surface area contributed by atoms with E-state index in [-0.39, 0.29) is 5.12 Å². The summed E-state index contributed by atoms with van der Waals surface area (Å²) >= 11 is 3.70. The molecule has 0 saturated heterocycles. The van der Waals surface area contributed by atoms with Gasteiger partial charge < -0.3 is 5.32 Å². The maximum atomic E-state index is 10.9. The van der Waals surface area contributed by atoms with Crippen LogP contribution in [0, 0.1) is 0 Å². The second-order valence-electron chi connectivity index (χ2n) is 2.75. The standard InChI is InChI=1S/C9H8N2OS/c12-9(13)8-10-5-6-3-1-2-4-7(6)11-8/h1-4H,5H2,(H,10,11)(H,12,13). The van der Waals surface area contributed by atoms with E-state index in [9.17, 15) is 4.79 Å². The second-order valence-corrected chi connectivity index (χ2v) is 3.16. The summed E-state index contributed by atoms with van der Waals surface area (Å²) in [6, 6.07) is 7.76. The molecule has 0 spiro atoms. The minimum atomic E-state index is -0.325. The highest BCUT2D eigenvalue weighted by molar-refractivity contribution is 7.99. The molecule has 1 aliphatic heterocycles. The highest BCUT2D eigenvalue weighted by Gasteiger charge is 2.13. The van der Waals surface area contributed by atoms with Crippen molar-refractivity contribution in [3.05, 3.63) is 29.8 Å². The topological polar surface area (TPSA) is 41.5 Å². The molecule has 3 nitrogen and oxygen atoms in total. The Morgan fingerprint density at radius 3 is 3.00 bits per heavy atom. The lowest BCUT2D eigenvalue weighted by Gasteiger charge is -2.15. The van der Waals surface area contributed by atoms with Gasteiger partial charge in [0.15, 0.2) is 5.84 Å². The van der Waals surface area contributed by atoms with Gasteiger partial charge in [-0.15, -0.1) is 0 Å². The number of anilines is 1. The summed E-state index contributed by atoms with van der Waals surface area (Å²) in [5, 5.41) is 2.60. The van der Waals surface area contributed by atoms with Crippen molar-refractivity contribution in [1.82, 2.24) is 0 Å². The first-order valence-corrected chi connectivity index (χ1v) is 4.35. The summed E-state index contributed by atoms with van der Waals surface area (Å²) in [4.78, 5) is 14.9. The number of hydrogen-bond donors (Lipinski definition) is 2. The van der Waals surface area contributed by atoms with Gasteiger partial charge in [0.1, 0.15) is 0 Å². The van der Waals surface area contributed by atoms with E-state index in [0.29, 0.717) is 12.4 Å². The Balaban J connectivity index is 2.33. The van der Waals surface area contributed by atoms with Crippen molar-refractivity contribution >= 4 is 29.3 Å². The Bertz CT molecular complexity index is 387. The van der Waals surface area contributed by atoms with Gasteiger partial charge in [-0.2, -0.15) is 0 Å². The molecule has 13 heavy (non-hydrogen) atoms. The summed E-state index contributed by atoms with van der Waals surface area (Å²) < 4.78 is 0. The number of benzene rings is 1. The molecule has 0 unspecified atom stereocenters. The number of aliphatic imine (C=N–C) groups is 1. The SMILES string of the molecule is O=C(S)C1=NCc2ccccc2N1. The fourth-order valence-corrected chi connectivity index (χ4v) is 1.36. The van der Waals surface area contributed by atoms with E-state index in [1.807, 2.05) is 24.3 Å². The monoisotopic (exact) mass is 192 g/mol. The molecule has 0 saturated carbocycles. The van der Waals surface area contributed by atoms with E-state index < -0.39 is 0 Å². The number of rotatable bonds is 1. The van der Waals surface area contributed by atoms with Gasteiger partial charge in [-0.05, 0) is 11.6 Å². The van der Waals surface area contributed by atoms with Gasteiger partial charge in [0.2, 0.25) is 0 Å². The fourth-order valence-electron chi connectivity index (χ4n) is 1.23. The van der Waals surface area contributed by atoms with Gasteiger partial charge in [-0.25, -0.2) is 0 Å². The third-order valence-corrected chi connectivity index (χ3v) is 2.09. The molecule has 4 heteroatoms. The van der Waals surface area contributed by atoms with E-state index in [0.717, 1.165) is 11.3 Å². The predicted molar refractivity (Wildman–Crippen MR) is 55.2 cm³/mol. The maximum absolute atomic E-state index is 10.9. The first-order valence-electron chi connectivity index (χ1n) is 3.90. The van der Waals surface area contributed by atoms with Gasteiger partial charge in [0, 0.05) is 5.69 Å². The average Bonchev–Trinajstić information content (AvgIpc) is 2.17. The molecule has 0 bridgehead atoms. The van der Waals surface area contributed by atoms with E-state index in [1.165, 1.54) is 0 Å². The van der Waals surface area contributed by atoms with Crippen LogP contribution < -0.4 is 5.32 Å². The van der Waals surface area contributed by atoms with Gasteiger partial charge in [-0.1, -0.05) is 30.8 Å². The Morgan fingerprint density at radius 1 is 1.46 bits per heavy atom. The van der Waals surface area contributed by atoms with E-state index >= 15 is 0 Å². The second kappa shape index (κ2) is 3.22. The van der Waals surface area contributed by atoms with Crippen molar-refractivity contribution in [2.24, 2.45) is 4.99 Å². The van der Waals surface area contributed by atoms with Crippen LogP contribution >= 0.6 is 12.6 Å². The summed E-state index contributed by atoms with van der Waals surface area (Å²) in [6.07, 6.45) is 0. The molecule has 0 aliphatic carbocycles. The molecule has 1 N–H and O–H groups in total. The Hall–Kier alpha value is -1.29. The summed E-state index contributed by atoms with van der Waals surface area (Å²) in [5.41, 5.74) is 2.04. The molecular weight excluding hydrogens is 184 g/mol. The summed E-state index contributed by atoms with van der Waals surface area (Å²) in [7, 11) is 0. The largest absolute Gasteiger partial charge is 0.336 e. The Kier molecular flexibility index (Phi) is 2.06. The molecule has 1 aromatic carbocycles. The van der Waals surface area contributed by atoms with Gasteiger partial charge in [0.05, 0.1) is 6.54 Å². The first kappa shape index (κ1) is 8.31. The van der Waals surface area contributed by atoms with Crippen LogP contribution in [0.1, 0.15) is 5.56 Å². The zero-order valence-corrected chi connectivity index (χ0v) is 7.71.